The molecule has 0 aromatic carbocycles. The zero-order valence-electron chi connectivity index (χ0n) is 10.8. The van der Waals surface area contributed by atoms with E-state index in [1.165, 1.54) is 25.7 Å². The van der Waals surface area contributed by atoms with Crippen LogP contribution in [0.5, 0.6) is 0 Å². The molecule has 0 aromatic rings. The Bertz CT molecular complexity index is 179. The summed E-state index contributed by atoms with van der Waals surface area (Å²) < 4.78 is 0. The molecule has 15 heavy (non-hydrogen) atoms. The van der Waals surface area contributed by atoms with Crippen molar-refractivity contribution < 1.29 is 5.11 Å². The zero-order valence-corrected chi connectivity index (χ0v) is 10.8. The summed E-state index contributed by atoms with van der Waals surface area (Å²) in [5.41, 5.74) is 0.00390. The molecule has 2 nitrogen and oxygen atoms in total. The van der Waals surface area contributed by atoms with Crippen molar-refractivity contribution >= 4 is 0 Å². The van der Waals surface area contributed by atoms with E-state index < -0.39 is 0 Å². The summed E-state index contributed by atoms with van der Waals surface area (Å²) in [7, 11) is 2.13. The van der Waals surface area contributed by atoms with Crippen molar-refractivity contribution in [2.24, 2.45) is 11.3 Å². The normalized spacial score (nSPS) is 21.2. The van der Waals surface area contributed by atoms with E-state index in [-0.39, 0.29) is 11.5 Å². The van der Waals surface area contributed by atoms with Gasteiger partial charge in [-0.05, 0) is 31.2 Å². The number of aliphatic hydroxyl groups is 1. The summed E-state index contributed by atoms with van der Waals surface area (Å²) in [4.78, 5) is 2.30. The minimum atomic E-state index is -0.219. The first-order chi connectivity index (χ1) is 6.89. The summed E-state index contributed by atoms with van der Waals surface area (Å²) in [6.45, 7) is 8.26. The standard InChI is InChI=1S/C13H27NO/c1-13(2,3)12(15)10-14(4)9-11-7-5-6-8-11/h11-12,15H,5-10H2,1-4H3. The van der Waals surface area contributed by atoms with E-state index in [9.17, 15) is 5.11 Å². The van der Waals surface area contributed by atoms with Gasteiger partial charge in [0.25, 0.3) is 0 Å². The van der Waals surface area contributed by atoms with Gasteiger partial charge in [0.05, 0.1) is 6.10 Å². The van der Waals surface area contributed by atoms with Gasteiger partial charge in [0, 0.05) is 13.1 Å². The van der Waals surface area contributed by atoms with E-state index in [1.54, 1.807) is 0 Å². The summed E-state index contributed by atoms with van der Waals surface area (Å²) in [5, 5.41) is 9.99. The highest BCUT2D eigenvalue weighted by Gasteiger charge is 2.24. The Morgan fingerprint density at radius 3 is 2.27 bits per heavy atom. The quantitative estimate of drug-likeness (QED) is 0.775. The fourth-order valence-corrected chi connectivity index (χ4v) is 2.28. The molecule has 1 saturated carbocycles. The maximum atomic E-state index is 9.99. The summed E-state index contributed by atoms with van der Waals surface area (Å²) in [5.74, 6) is 0.877. The van der Waals surface area contributed by atoms with Crippen molar-refractivity contribution in [3.8, 4) is 0 Å². The van der Waals surface area contributed by atoms with E-state index in [0.717, 1.165) is 19.0 Å². The van der Waals surface area contributed by atoms with Gasteiger partial charge >= 0.3 is 0 Å². The lowest BCUT2D eigenvalue weighted by Gasteiger charge is -2.31. The van der Waals surface area contributed by atoms with Gasteiger partial charge in [-0.15, -0.1) is 0 Å². The molecule has 0 bridgehead atoms. The van der Waals surface area contributed by atoms with Crippen LogP contribution in [0.1, 0.15) is 46.5 Å². The second kappa shape index (κ2) is 5.31. The highest BCUT2D eigenvalue weighted by atomic mass is 16.3. The molecule has 0 aliphatic heterocycles. The molecule has 0 amide bonds. The van der Waals surface area contributed by atoms with Crippen molar-refractivity contribution in [3.05, 3.63) is 0 Å². The Hall–Kier alpha value is -0.0800. The number of likely N-dealkylation sites (N-methyl/N-ethyl adjacent to an activating group) is 1. The van der Waals surface area contributed by atoms with Crippen LogP contribution in [0.4, 0.5) is 0 Å². The third-order valence-electron chi connectivity index (χ3n) is 3.53. The lowest BCUT2D eigenvalue weighted by atomic mass is 9.89. The van der Waals surface area contributed by atoms with Gasteiger partial charge in [-0.2, -0.15) is 0 Å². The Kier molecular flexibility index (Phi) is 4.60. The third-order valence-corrected chi connectivity index (χ3v) is 3.53. The van der Waals surface area contributed by atoms with Gasteiger partial charge in [0.1, 0.15) is 0 Å². The van der Waals surface area contributed by atoms with Crippen LogP contribution in [0, 0.1) is 11.3 Å². The number of hydrogen-bond acceptors (Lipinski definition) is 2. The Balaban J connectivity index is 2.25. The smallest absolute Gasteiger partial charge is 0.0715 e. The minimum absolute atomic E-state index is 0.00390. The van der Waals surface area contributed by atoms with Crippen LogP contribution < -0.4 is 0 Å². The molecule has 1 atom stereocenters. The first kappa shape index (κ1) is 13.0. The zero-order chi connectivity index (χ0) is 11.5. The summed E-state index contributed by atoms with van der Waals surface area (Å²) in [6.07, 6.45) is 5.36. The van der Waals surface area contributed by atoms with Crippen LogP contribution in [0.15, 0.2) is 0 Å². The summed E-state index contributed by atoms with van der Waals surface area (Å²) >= 11 is 0. The molecule has 0 saturated heterocycles. The van der Waals surface area contributed by atoms with Gasteiger partial charge in [-0.3, -0.25) is 0 Å². The van der Waals surface area contributed by atoms with Crippen LogP contribution >= 0.6 is 0 Å². The lowest BCUT2D eigenvalue weighted by Crippen LogP contribution is -2.39. The molecule has 0 heterocycles. The van der Waals surface area contributed by atoms with Crippen molar-refractivity contribution in [2.45, 2.75) is 52.6 Å². The average molecular weight is 213 g/mol. The van der Waals surface area contributed by atoms with Gasteiger partial charge in [-0.1, -0.05) is 33.6 Å². The fraction of sp³-hybridized carbons (Fsp3) is 1.00. The Morgan fingerprint density at radius 2 is 1.80 bits per heavy atom. The number of hydrogen-bond donors (Lipinski definition) is 1. The number of aliphatic hydroxyl groups excluding tert-OH is 1. The van der Waals surface area contributed by atoms with Crippen LogP contribution in [0.25, 0.3) is 0 Å². The molecular formula is C13H27NO. The van der Waals surface area contributed by atoms with Crippen LogP contribution in [0.2, 0.25) is 0 Å². The minimum Gasteiger partial charge on any atom is -0.391 e. The molecule has 0 aromatic heterocycles. The van der Waals surface area contributed by atoms with E-state index in [0.29, 0.717) is 0 Å². The third kappa shape index (κ3) is 4.52. The lowest BCUT2D eigenvalue weighted by molar-refractivity contribution is 0.0318. The molecule has 1 rings (SSSR count). The highest BCUT2D eigenvalue weighted by molar-refractivity contribution is 4.77. The first-order valence-corrected chi connectivity index (χ1v) is 6.26. The van der Waals surface area contributed by atoms with Crippen LogP contribution in [-0.2, 0) is 0 Å². The number of rotatable bonds is 4. The van der Waals surface area contributed by atoms with Gasteiger partial charge in [0.15, 0.2) is 0 Å². The average Bonchev–Trinajstić information content (AvgIpc) is 2.54. The molecular weight excluding hydrogens is 186 g/mol. The molecule has 1 fully saturated rings. The maximum Gasteiger partial charge on any atom is 0.0715 e. The maximum absolute atomic E-state index is 9.99. The van der Waals surface area contributed by atoms with Crippen molar-refractivity contribution in [1.82, 2.24) is 4.90 Å². The fourth-order valence-electron chi connectivity index (χ4n) is 2.28. The van der Waals surface area contributed by atoms with Gasteiger partial charge in [-0.25, -0.2) is 0 Å². The molecule has 2 heteroatoms. The Morgan fingerprint density at radius 1 is 1.27 bits per heavy atom. The second-order valence-corrected chi connectivity index (χ2v) is 6.25. The molecule has 0 radical (unpaired) electrons. The van der Waals surface area contributed by atoms with Crippen molar-refractivity contribution in [1.29, 1.82) is 0 Å². The molecule has 90 valence electrons. The largest absolute Gasteiger partial charge is 0.391 e. The Labute approximate surface area is 94.7 Å². The molecule has 1 aliphatic rings. The molecule has 0 spiro atoms. The number of nitrogens with zero attached hydrogens (tertiary/aromatic N) is 1. The van der Waals surface area contributed by atoms with E-state index in [4.69, 9.17) is 0 Å². The molecule has 1 N–H and O–H groups in total. The highest BCUT2D eigenvalue weighted by Crippen LogP contribution is 2.26. The van der Waals surface area contributed by atoms with Gasteiger partial charge in [0.2, 0.25) is 0 Å². The SMILES string of the molecule is CN(CC1CCCC1)CC(O)C(C)(C)C. The van der Waals surface area contributed by atoms with Crippen LogP contribution in [-0.4, -0.2) is 36.2 Å². The van der Waals surface area contributed by atoms with Crippen molar-refractivity contribution in [3.63, 3.8) is 0 Å². The molecule has 1 unspecified atom stereocenters. The second-order valence-electron chi connectivity index (χ2n) is 6.25. The van der Waals surface area contributed by atoms with Gasteiger partial charge < -0.3 is 10.0 Å². The predicted octanol–water partition coefficient (Wildman–Crippen LogP) is 2.52. The summed E-state index contributed by atoms with van der Waals surface area (Å²) in [6, 6.07) is 0. The molecule has 1 aliphatic carbocycles. The monoisotopic (exact) mass is 213 g/mol. The topological polar surface area (TPSA) is 23.5 Å². The van der Waals surface area contributed by atoms with E-state index in [2.05, 4.69) is 32.7 Å². The van der Waals surface area contributed by atoms with E-state index in [1.807, 2.05) is 0 Å². The van der Waals surface area contributed by atoms with E-state index >= 15 is 0 Å². The van der Waals surface area contributed by atoms with Crippen molar-refractivity contribution in [2.75, 3.05) is 20.1 Å². The predicted molar refractivity (Wildman–Crippen MR) is 64.9 cm³/mol. The van der Waals surface area contributed by atoms with Crippen LogP contribution in [0.3, 0.4) is 0 Å². The first-order valence-electron chi connectivity index (χ1n) is 6.26.